The molecule has 2 saturated heterocycles. The largest absolute Gasteiger partial charge is 0.346 e. The maximum absolute atomic E-state index is 14.8. The number of hydrogen-bond donors (Lipinski definition) is 2. The summed E-state index contributed by atoms with van der Waals surface area (Å²) in [6, 6.07) is 3.42. The predicted molar refractivity (Wildman–Crippen MR) is 122 cm³/mol. The standard InChI is InChI=1S/C21H21ClFN7S/c1-8-21(30-10-3-6-14(30)16(23)12(24)7-10)27-20-18(25-8)17(28-29-20)11-4-5-13-19(15(11)22)31-9(2)26-13/h4-5,10,12,14,16H,3,6-7,24H2,1-2H3,(H,27,28,29)/t10-,12+,14+,16+/m1/s1. The van der Waals surface area contributed by atoms with Crippen molar-refractivity contribution in [2.75, 3.05) is 4.90 Å². The zero-order valence-corrected chi connectivity index (χ0v) is 18.6. The van der Waals surface area contributed by atoms with Crippen LogP contribution in [0.15, 0.2) is 12.1 Å². The van der Waals surface area contributed by atoms with E-state index >= 15 is 0 Å². The fourth-order valence-electron chi connectivity index (χ4n) is 5.12. The average Bonchev–Trinajstić information content (AvgIpc) is 3.41. The lowest BCUT2D eigenvalue weighted by molar-refractivity contribution is 0.203. The van der Waals surface area contributed by atoms with Crippen LogP contribution in [-0.4, -0.2) is 49.4 Å². The van der Waals surface area contributed by atoms with Gasteiger partial charge in [0.25, 0.3) is 0 Å². The Morgan fingerprint density at radius 2 is 2.06 bits per heavy atom. The first-order valence-electron chi connectivity index (χ1n) is 10.4. The maximum Gasteiger partial charge on any atom is 0.177 e. The van der Waals surface area contributed by atoms with Crippen molar-refractivity contribution in [2.24, 2.45) is 5.73 Å². The predicted octanol–water partition coefficient (Wildman–Crippen LogP) is 4.31. The quantitative estimate of drug-likeness (QED) is 0.465. The van der Waals surface area contributed by atoms with Gasteiger partial charge in [0.2, 0.25) is 0 Å². The van der Waals surface area contributed by atoms with E-state index in [-0.39, 0.29) is 12.1 Å². The van der Waals surface area contributed by atoms with E-state index in [0.29, 0.717) is 34.1 Å². The molecule has 4 atom stereocenters. The molecule has 0 saturated carbocycles. The number of aromatic nitrogens is 5. The summed E-state index contributed by atoms with van der Waals surface area (Å²) in [4.78, 5) is 16.3. The fourth-order valence-corrected chi connectivity index (χ4v) is 6.34. The number of H-pyrrole nitrogens is 1. The number of anilines is 1. The molecular formula is C21H21ClFN7S. The molecule has 0 amide bonds. The number of halogens is 2. The van der Waals surface area contributed by atoms with Gasteiger partial charge in [0.1, 0.15) is 17.4 Å². The molecule has 1 aromatic carbocycles. The van der Waals surface area contributed by atoms with Gasteiger partial charge in [-0.05, 0) is 45.2 Å². The van der Waals surface area contributed by atoms with Gasteiger partial charge in [0.15, 0.2) is 11.5 Å². The average molecular weight is 458 g/mol. The van der Waals surface area contributed by atoms with E-state index in [0.717, 1.165) is 39.3 Å². The Morgan fingerprint density at radius 1 is 1.23 bits per heavy atom. The number of nitrogens with one attached hydrogen (secondary N) is 1. The molecule has 160 valence electrons. The molecule has 2 aliphatic heterocycles. The maximum atomic E-state index is 14.8. The van der Waals surface area contributed by atoms with E-state index < -0.39 is 12.2 Å². The van der Waals surface area contributed by atoms with Gasteiger partial charge in [0, 0.05) is 17.6 Å². The van der Waals surface area contributed by atoms with Gasteiger partial charge in [0.05, 0.1) is 32.0 Å². The van der Waals surface area contributed by atoms with Crippen molar-refractivity contribution >= 4 is 50.1 Å². The van der Waals surface area contributed by atoms with Crippen molar-refractivity contribution in [3.8, 4) is 11.3 Å². The Balaban J connectivity index is 1.46. The Morgan fingerprint density at radius 3 is 2.90 bits per heavy atom. The lowest BCUT2D eigenvalue weighted by Gasteiger charge is -2.41. The summed E-state index contributed by atoms with van der Waals surface area (Å²) in [5, 5.41) is 9.07. The van der Waals surface area contributed by atoms with Crippen molar-refractivity contribution in [3.63, 3.8) is 0 Å². The van der Waals surface area contributed by atoms with Gasteiger partial charge >= 0.3 is 0 Å². The molecule has 2 aliphatic rings. The van der Waals surface area contributed by atoms with Crippen LogP contribution in [0.3, 0.4) is 0 Å². The van der Waals surface area contributed by atoms with Crippen molar-refractivity contribution in [2.45, 2.75) is 57.4 Å². The number of benzene rings is 1. The number of thiazole rings is 1. The van der Waals surface area contributed by atoms with Crippen LogP contribution in [0.1, 0.15) is 30.0 Å². The van der Waals surface area contributed by atoms with Crippen molar-refractivity contribution in [3.05, 3.63) is 27.9 Å². The monoisotopic (exact) mass is 457 g/mol. The number of aryl methyl sites for hydroxylation is 2. The molecule has 7 nitrogen and oxygen atoms in total. The molecular weight excluding hydrogens is 437 g/mol. The molecule has 31 heavy (non-hydrogen) atoms. The number of rotatable bonds is 2. The van der Waals surface area contributed by atoms with Crippen LogP contribution in [0.2, 0.25) is 5.02 Å². The summed E-state index contributed by atoms with van der Waals surface area (Å²) in [7, 11) is 0. The molecule has 6 rings (SSSR count). The summed E-state index contributed by atoms with van der Waals surface area (Å²) >= 11 is 8.28. The second-order valence-electron chi connectivity index (χ2n) is 8.46. The molecule has 3 N–H and O–H groups in total. The highest BCUT2D eigenvalue weighted by Gasteiger charge is 2.47. The summed E-state index contributed by atoms with van der Waals surface area (Å²) in [6.45, 7) is 3.88. The smallest absolute Gasteiger partial charge is 0.177 e. The van der Waals surface area contributed by atoms with Gasteiger partial charge in [-0.2, -0.15) is 5.10 Å². The van der Waals surface area contributed by atoms with Crippen molar-refractivity contribution < 1.29 is 4.39 Å². The second kappa shape index (κ2) is 6.82. The van der Waals surface area contributed by atoms with E-state index in [1.54, 1.807) is 11.3 Å². The molecule has 2 fully saturated rings. The van der Waals surface area contributed by atoms with Crippen LogP contribution in [0.25, 0.3) is 32.6 Å². The molecule has 5 heterocycles. The van der Waals surface area contributed by atoms with Crippen molar-refractivity contribution in [1.82, 2.24) is 25.1 Å². The molecule has 0 radical (unpaired) electrons. The minimum absolute atomic E-state index is 0.200. The number of aromatic amines is 1. The minimum atomic E-state index is -1.05. The third-order valence-electron chi connectivity index (χ3n) is 6.51. The number of fused-ring (bicyclic) bond motifs is 4. The Bertz CT molecular complexity index is 1330. The second-order valence-corrected chi connectivity index (χ2v) is 10.0. The van der Waals surface area contributed by atoms with Crippen LogP contribution in [0, 0.1) is 13.8 Å². The third-order valence-corrected chi connectivity index (χ3v) is 8.02. The van der Waals surface area contributed by atoms with Crippen LogP contribution < -0.4 is 10.6 Å². The van der Waals surface area contributed by atoms with Crippen LogP contribution >= 0.6 is 22.9 Å². The van der Waals surface area contributed by atoms with E-state index in [9.17, 15) is 4.39 Å². The van der Waals surface area contributed by atoms with Crippen LogP contribution in [0.4, 0.5) is 10.2 Å². The van der Waals surface area contributed by atoms with Gasteiger partial charge in [-0.1, -0.05) is 11.6 Å². The highest BCUT2D eigenvalue weighted by atomic mass is 35.5. The SMILES string of the molecule is Cc1nc2ccc(-c3n[nH]c4nc(N5[C@@H]6CC[C@H]5[C@@H](F)[C@@H](N)C6)c(C)nc34)c(Cl)c2s1. The lowest BCUT2D eigenvalue weighted by atomic mass is 9.96. The first-order valence-corrected chi connectivity index (χ1v) is 11.6. The number of nitrogens with two attached hydrogens (primary N) is 1. The lowest BCUT2D eigenvalue weighted by Crippen LogP contribution is -2.56. The molecule has 0 spiro atoms. The summed E-state index contributed by atoms with van der Waals surface area (Å²) in [6.07, 6.45) is 1.29. The Labute approximate surface area is 186 Å². The molecule has 3 aromatic heterocycles. The van der Waals surface area contributed by atoms with E-state index in [1.807, 2.05) is 26.0 Å². The molecule has 0 aliphatic carbocycles. The van der Waals surface area contributed by atoms with Gasteiger partial charge in [-0.15, -0.1) is 11.3 Å². The number of hydrogen-bond acceptors (Lipinski definition) is 7. The molecule has 0 unspecified atom stereocenters. The highest BCUT2D eigenvalue weighted by molar-refractivity contribution is 7.19. The fraction of sp³-hybridized carbons (Fsp3) is 0.429. The first kappa shape index (κ1) is 19.3. The van der Waals surface area contributed by atoms with E-state index in [4.69, 9.17) is 27.3 Å². The molecule has 10 heteroatoms. The van der Waals surface area contributed by atoms with Gasteiger partial charge < -0.3 is 10.6 Å². The molecule has 2 bridgehead atoms. The van der Waals surface area contributed by atoms with E-state index in [1.165, 1.54) is 0 Å². The number of piperidine rings is 1. The van der Waals surface area contributed by atoms with Gasteiger partial charge in [-0.25, -0.2) is 19.3 Å². The summed E-state index contributed by atoms with van der Waals surface area (Å²) < 4.78 is 15.7. The zero-order valence-electron chi connectivity index (χ0n) is 17.1. The molecule has 4 aromatic rings. The number of alkyl halides is 1. The highest BCUT2D eigenvalue weighted by Crippen LogP contribution is 2.42. The zero-order chi connectivity index (χ0) is 21.4. The van der Waals surface area contributed by atoms with Crippen LogP contribution in [-0.2, 0) is 0 Å². The van der Waals surface area contributed by atoms with E-state index in [2.05, 4.69) is 20.1 Å². The number of nitrogens with zero attached hydrogens (tertiary/aromatic N) is 5. The Kier molecular flexibility index (Phi) is 4.25. The third kappa shape index (κ3) is 2.79. The summed E-state index contributed by atoms with van der Waals surface area (Å²) in [5.74, 6) is 0.712. The van der Waals surface area contributed by atoms with Crippen molar-refractivity contribution in [1.29, 1.82) is 0 Å². The Hall–Kier alpha value is -2.36. The minimum Gasteiger partial charge on any atom is -0.346 e. The summed E-state index contributed by atoms with van der Waals surface area (Å²) in [5.41, 5.74) is 10.3. The topological polar surface area (TPSA) is 96.6 Å². The van der Waals surface area contributed by atoms with Gasteiger partial charge in [-0.3, -0.25) is 5.10 Å². The first-order chi connectivity index (χ1) is 14.9. The van der Waals surface area contributed by atoms with Crippen LogP contribution in [0.5, 0.6) is 0 Å². The normalized spacial score (nSPS) is 25.8.